The molecule has 1 heterocycles. The van der Waals surface area contributed by atoms with Crippen molar-refractivity contribution in [1.29, 1.82) is 0 Å². The minimum Gasteiger partial charge on any atom is -0.461 e. The number of carbonyl (C=O) groups excluding carboxylic acids is 3. The number of nitrogens with one attached hydrogen (secondary N) is 1. The molecule has 0 radical (unpaired) electrons. The van der Waals surface area contributed by atoms with Gasteiger partial charge in [0.1, 0.15) is 18.2 Å². The van der Waals surface area contributed by atoms with Gasteiger partial charge in [0.15, 0.2) is 0 Å². The summed E-state index contributed by atoms with van der Waals surface area (Å²) in [6.07, 6.45) is 6.91. The first-order chi connectivity index (χ1) is 12.8. The molecule has 0 aromatic carbocycles. The van der Waals surface area contributed by atoms with Crippen LogP contribution in [-0.4, -0.2) is 41.0 Å². The zero-order valence-electron chi connectivity index (χ0n) is 16.7. The highest BCUT2D eigenvalue weighted by Gasteiger charge is 2.65. The maximum atomic E-state index is 13.1. The Bertz CT molecular complexity index is 626. The van der Waals surface area contributed by atoms with Crippen molar-refractivity contribution in [2.45, 2.75) is 77.4 Å². The van der Waals surface area contributed by atoms with Crippen LogP contribution in [0.3, 0.4) is 0 Å². The number of esters is 1. The van der Waals surface area contributed by atoms with E-state index < -0.39 is 17.5 Å². The van der Waals surface area contributed by atoms with E-state index in [1.807, 2.05) is 0 Å². The van der Waals surface area contributed by atoms with Crippen LogP contribution in [0.1, 0.15) is 65.7 Å². The second-order valence-corrected chi connectivity index (χ2v) is 9.59. The Morgan fingerprint density at radius 1 is 1.15 bits per heavy atom. The molecule has 6 heteroatoms. The van der Waals surface area contributed by atoms with Crippen molar-refractivity contribution in [3.05, 3.63) is 0 Å². The summed E-state index contributed by atoms with van der Waals surface area (Å²) < 4.78 is 5.80. The largest absolute Gasteiger partial charge is 0.461 e. The first-order valence-electron chi connectivity index (χ1n) is 10.7. The summed E-state index contributed by atoms with van der Waals surface area (Å²) in [5, 5.41) is 2.96. The first-order valence-corrected chi connectivity index (χ1v) is 10.7. The van der Waals surface area contributed by atoms with Gasteiger partial charge >= 0.3 is 12.0 Å². The van der Waals surface area contributed by atoms with Gasteiger partial charge in [-0.3, -0.25) is 14.5 Å². The molecule has 0 bridgehead atoms. The van der Waals surface area contributed by atoms with Gasteiger partial charge in [-0.15, -0.1) is 0 Å². The molecule has 0 spiro atoms. The molecule has 3 aliphatic carbocycles. The van der Waals surface area contributed by atoms with E-state index in [9.17, 15) is 14.4 Å². The van der Waals surface area contributed by atoms with Gasteiger partial charge in [-0.25, -0.2) is 4.79 Å². The highest BCUT2D eigenvalue weighted by Crippen LogP contribution is 2.54. The minimum atomic E-state index is -0.739. The Balaban J connectivity index is 1.42. The molecule has 3 saturated carbocycles. The number of hydrogen-bond donors (Lipinski definition) is 1. The molecule has 4 rings (SSSR count). The molecule has 1 N–H and O–H groups in total. The van der Waals surface area contributed by atoms with Gasteiger partial charge < -0.3 is 10.1 Å². The molecular formula is C21H32N2O4. The summed E-state index contributed by atoms with van der Waals surface area (Å²) in [5.41, 5.74) is -0.739. The van der Waals surface area contributed by atoms with E-state index in [0.717, 1.165) is 49.8 Å². The summed E-state index contributed by atoms with van der Waals surface area (Å²) in [6, 6.07) is -0.423. The van der Waals surface area contributed by atoms with E-state index in [2.05, 4.69) is 26.1 Å². The second kappa shape index (κ2) is 6.78. The Kier molecular flexibility index (Phi) is 4.71. The molecule has 4 fully saturated rings. The van der Waals surface area contributed by atoms with E-state index in [1.165, 1.54) is 0 Å². The minimum absolute atomic E-state index is 0.112. The Morgan fingerprint density at radius 3 is 2.33 bits per heavy atom. The van der Waals surface area contributed by atoms with E-state index in [4.69, 9.17) is 4.74 Å². The summed E-state index contributed by atoms with van der Waals surface area (Å²) in [5.74, 6) is 1.16. The molecule has 0 aromatic heterocycles. The molecule has 1 saturated heterocycles. The average molecular weight is 376 g/mol. The number of amides is 3. The van der Waals surface area contributed by atoms with Gasteiger partial charge in [0.25, 0.3) is 5.91 Å². The zero-order chi connectivity index (χ0) is 19.3. The molecule has 4 aliphatic rings. The predicted molar refractivity (Wildman–Crippen MR) is 99.6 cm³/mol. The fourth-order valence-electron chi connectivity index (χ4n) is 5.31. The van der Waals surface area contributed by atoms with Crippen molar-refractivity contribution >= 4 is 17.9 Å². The van der Waals surface area contributed by atoms with Gasteiger partial charge in [0.05, 0.1) is 0 Å². The van der Waals surface area contributed by atoms with Crippen LogP contribution in [-0.2, 0) is 14.3 Å². The van der Waals surface area contributed by atoms with Crippen LogP contribution in [0.5, 0.6) is 0 Å². The highest BCUT2D eigenvalue weighted by molar-refractivity contribution is 6.09. The van der Waals surface area contributed by atoms with Crippen LogP contribution >= 0.6 is 0 Å². The number of carbonyl (C=O) groups is 3. The van der Waals surface area contributed by atoms with Crippen molar-refractivity contribution < 1.29 is 19.1 Å². The van der Waals surface area contributed by atoms with Crippen molar-refractivity contribution in [2.75, 3.05) is 6.54 Å². The maximum Gasteiger partial charge on any atom is 0.326 e. The smallest absolute Gasteiger partial charge is 0.326 e. The van der Waals surface area contributed by atoms with Crippen LogP contribution in [0.25, 0.3) is 0 Å². The zero-order valence-corrected chi connectivity index (χ0v) is 16.7. The normalized spacial score (nSPS) is 33.3. The third kappa shape index (κ3) is 3.36. The second-order valence-electron chi connectivity index (χ2n) is 9.59. The Morgan fingerprint density at radius 2 is 1.78 bits per heavy atom. The summed E-state index contributed by atoms with van der Waals surface area (Å²) in [7, 11) is 0. The lowest BCUT2D eigenvalue weighted by atomic mass is 9.75. The van der Waals surface area contributed by atoms with Crippen LogP contribution in [0.15, 0.2) is 0 Å². The lowest BCUT2D eigenvalue weighted by Gasteiger charge is -2.36. The van der Waals surface area contributed by atoms with Crippen LogP contribution < -0.4 is 5.32 Å². The van der Waals surface area contributed by atoms with Crippen molar-refractivity contribution in [3.63, 3.8) is 0 Å². The number of imide groups is 1. The van der Waals surface area contributed by atoms with Crippen LogP contribution in [0.4, 0.5) is 4.79 Å². The summed E-state index contributed by atoms with van der Waals surface area (Å²) in [4.78, 5) is 39.3. The maximum absolute atomic E-state index is 13.1. The quantitative estimate of drug-likeness (QED) is 0.571. The molecular weight excluding hydrogens is 344 g/mol. The molecule has 27 heavy (non-hydrogen) atoms. The summed E-state index contributed by atoms with van der Waals surface area (Å²) >= 11 is 0. The highest BCUT2D eigenvalue weighted by atomic mass is 16.5. The number of urea groups is 1. The molecule has 150 valence electrons. The van der Waals surface area contributed by atoms with Gasteiger partial charge in [-0.1, -0.05) is 27.2 Å². The number of ether oxygens (including phenoxy) is 1. The van der Waals surface area contributed by atoms with E-state index in [0.29, 0.717) is 17.8 Å². The molecule has 0 aromatic rings. The Labute approximate surface area is 161 Å². The SMILES string of the molecule is CC1CCC(C(C)C)C(OC(=O)CN2C(=O)NC(C3CC3)(C3CC3)C2=O)C1. The molecule has 6 nitrogen and oxygen atoms in total. The fourth-order valence-corrected chi connectivity index (χ4v) is 5.31. The average Bonchev–Trinajstić information content (AvgIpc) is 3.49. The standard InChI is InChI=1S/C21H32N2O4/c1-12(2)16-9-4-13(3)10-17(16)27-18(24)11-23-19(25)21(14-5-6-14,15-7-8-15)22-20(23)26/h12-17H,4-11H2,1-3H3,(H,22,26). The molecule has 3 atom stereocenters. The lowest BCUT2D eigenvalue weighted by Crippen LogP contribution is -2.51. The fraction of sp³-hybridized carbons (Fsp3) is 0.857. The Hall–Kier alpha value is -1.59. The van der Waals surface area contributed by atoms with Gasteiger partial charge in [0, 0.05) is 0 Å². The monoisotopic (exact) mass is 376 g/mol. The topological polar surface area (TPSA) is 75.7 Å². The summed E-state index contributed by atoms with van der Waals surface area (Å²) in [6.45, 7) is 6.26. The number of nitrogens with zero attached hydrogens (tertiary/aromatic N) is 1. The van der Waals surface area contributed by atoms with Gasteiger partial charge in [-0.05, 0) is 68.1 Å². The van der Waals surface area contributed by atoms with Gasteiger partial charge in [0.2, 0.25) is 0 Å². The van der Waals surface area contributed by atoms with E-state index in [-0.39, 0.29) is 30.4 Å². The number of rotatable bonds is 6. The van der Waals surface area contributed by atoms with Crippen molar-refractivity contribution in [3.8, 4) is 0 Å². The van der Waals surface area contributed by atoms with Crippen LogP contribution in [0.2, 0.25) is 0 Å². The first kappa shape index (κ1) is 18.8. The van der Waals surface area contributed by atoms with Crippen molar-refractivity contribution in [1.82, 2.24) is 10.2 Å². The van der Waals surface area contributed by atoms with Crippen LogP contribution in [0, 0.1) is 29.6 Å². The lowest BCUT2D eigenvalue weighted by molar-refractivity contribution is -0.158. The molecule has 3 amide bonds. The van der Waals surface area contributed by atoms with Gasteiger partial charge in [-0.2, -0.15) is 0 Å². The number of hydrogen-bond acceptors (Lipinski definition) is 4. The third-order valence-corrected chi connectivity index (χ3v) is 7.13. The third-order valence-electron chi connectivity index (χ3n) is 7.13. The molecule has 1 aliphatic heterocycles. The predicted octanol–water partition coefficient (Wildman–Crippen LogP) is 3.10. The van der Waals surface area contributed by atoms with E-state index >= 15 is 0 Å². The van der Waals surface area contributed by atoms with Crippen molar-refractivity contribution in [2.24, 2.45) is 29.6 Å². The van der Waals surface area contributed by atoms with E-state index in [1.54, 1.807) is 0 Å². The molecule has 3 unspecified atom stereocenters.